The molecule has 1 aliphatic rings. The van der Waals surface area contributed by atoms with Crippen LogP contribution in [-0.4, -0.2) is 44.0 Å². The molecular formula is C22H22ClN5O2S. The number of methoxy groups -OCH3 is 1. The van der Waals surface area contributed by atoms with Crippen LogP contribution in [0.3, 0.4) is 0 Å². The summed E-state index contributed by atoms with van der Waals surface area (Å²) in [6.45, 7) is 1.55. The van der Waals surface area contributed by atoms with Crippen molar-refractivity contribution in [3.8, 4) is 17.1 Å². The van der Waals surface area contributed by atoms with Gasteiger partial charge in [0.25, 0.3) is 0 Å². The number of halogens is 1. The Hall–Kier alpha value is -2.55. The van der Waals surface area contributed by atoms with Crippen molar-refractivity contribution in [1.29, 1.82) is 0 Å². The number of thioether (sulfide) groups is 1. The molecule has 1 atom stereocenters. The number of ether oxygens (including phenoxy) is 2. The summed E-state index contributed by atoms with van der Waals surface area (Å²) in [4.78, 5) is 4.67. The summed E-state index contributed by atoms with van der Waals surface area (Å²) in [5, 5.41) is 10.5. The lowest BCUT2D eigenvalue weighted by atomic mass is 10.2. The second-order valence-corrected chi connectivity index (χ2v) is 8.79. The molecule has 1 aliphatic heterocycles. The molecular weight excluding hydrogens is 434 g/mol. The van der Waals surface area contributed by atoms with Gasteiger partial charge >= 0.3 is 0 Å². The van der Waals surface area contributed by atoms with E-state index < -0.39 is 0 Å². The van der Waals surface area contributed by atoms with Crippen LogP contribution in [0.15, 0.2) is 53.9 Å². The normalized spacial score (nSPS) is 16.3. The van der Waals surface area contributed by atoms with Crippen LogP contribution in [0.2, 0.25) is 5.02 Å². The second kappa shape index (κ2) is 8.90. The first-order valence-electron chi connectivity index (χ1n) is 10.1. The summed E-state index contributed by atoms with van der Waals surface area (Å²) in [5.41, 5.74) is 2.84. The number of benzene rings is 1. The molecule has 1 saturated heterocycles. The fourth-order valence-electron chi connectivity index (χ4n) is 3.73. The van der Waals surface area contributed by atoms with E-state index in [-0.39, 0.29) is 6.10 Å². The van der Waals surface area contributed by atoms with Gasteiger partial charge in [-0.25, -0.2) is 4.98 Å². The third-order valence-electron chi connectivity index (χ3n) is 5.29. The van der Waals surface area contributed by atoms with Gasteiger partial charge in [0, 0.05) is 30.3 Å². The lowest BCUT2D eigenvalue weighted by Gasteiger charge is -2.14. The quantitative estimate of drug-likeness (QED) is 0.375. The summed E-state index contributed by atoms with van der Waals surface area (Å²) < 4.78 is 15.3. The van der Waals surface area contributed by atoms with Gasteiger partial charge < -0.3 is 13.9 Å². The van der Waals surface area contributed by atoms with Crippen LogP contribution >= 0.6 is 23.4 Å². The summed E-state index contributed by atoms with van der Waals surface area (Å²) in [7, 11) is 1.66. The van der Waals surface area contributed by atoms with Gasteiger partial charge in [-0.3, -0.25) is 4.57 Å². The second-order valence-electron chi connectivity index (χ2n) is 7.41. The van der Waals surface area contributed by atoms with E-state index in [2.05, 4.69) is 19.7 Å². The average Bonchev–Trinajstić information content (AvgIpc) is 3.52. The summed E-state index contributed by atoms with van der Waals surface area (Å²) in [6.07, 6.45) is 6.19. The van der Waals surface area contributed by atoms with Crippen LogP contribution in [0, 0.1) is 0 Å². The Morgan fingerprint density at radius 3 is 2.81 bits per heavy atom. The highest BCUT2D eigenvalue weighted by Crippen LogP contribution is 2.29. The zero-order valence-electron chi connectivity index (χ0n) is 17.1. The third-order valence-corrected chi connectivity index (χ3v) is 6.51. The molecule has 0 saturated carbocycles. The minimum absolute atomic E-state index is 0.185. The topological polar surface area (TPSA) is 66.5 Å². The van der Waals surface area contributed by atoms with Gasteiger partial charge in [-0.05, 0) is 49.2 Å². The molecule has 1 aromatic carbocycles. The summed E-state index contributed by atoms with van der Waals surface area (Å²) in [6, 6.07) is 11.7. The van der Waals surface area contributed by atoms with Gasteiger partial charge in [-0.2, -0.15) is 0 Å². The first-order valence-corrected chi connectivity index (χ1v) is 11.5. The van der Waals surface area contributed by atoms with Crippen molar-refractivity contribution in [1.82, 2.24) is 24.1 Å². The predicted molar refractivity (Wildman–Crippen MR) is 121 cm³/mol. The fraction of sp³-hybridized carbons (Fsp3) is 0.318. The Morgan fingerprint density at radius 2 is 2.03 bits per heavy atom. The van der Waals surface area contributed by atoms with Crippen molar-refractivity contribution < 1.29 is 9.47 Å². The van der Waals surface area contributed by atoms with Crippen molar-refractivity contribution in [3.63, 3.8) is 0 Å². The van der Waals surface area contributed by atoms with Crippen molar-refractivity contribution >= 4 is 29.0 Å². The van der Waals surface area contributed by atoms with Gasteiger partial charge in [-0.15, -0.1) is 10.2 Å². The van der Waals surface area contributed by atoms with Crippen molar-refractivity contribution in [2.24, 2.45) is 0 Å². The summed E-state index contributed by atoms with van der Waals surface area (Å²) in [5.74, 6) is 2.34. The first-order chi connectivity index (χ1) is 15.2. The first kappa shape index (κ1) is 20.4. The largest absolute Gasteiger partial charge is 0.497 e. The number of aromatic nitrogens is 5. The molecule has 5 rings (SSSR count). The zero-order chi connectivity index (χ0) is 21.2. The fourth-order valence-corrected chi connectivity index (χ4v) is 4.73. The number of nitrogens with zero attached hydrogens (tertiary/aromatic N) is 5. The average molecular weight is 456 g/mol. The Labute approximate surface area is 189 Å². The number of fused-ring (bicyclic) bond motifs is 1. The molecule has 0 N–H and O–H groups in total. The lowest BCUT2D eigenvalue weighted by Crippen LogP contribution is -2.16. The molecule has 0 aliphatic carbocycles. The molecule has 0 amide bonds. The molecule has 0 radical (unpaired) electrons. The molecule has 0 spiro atoms. The van der Waals surface area contributed by atoms with E-state index in [1.165, 1.54) is 0 Å². The molecule has 9 heteroatoms. The Kier molecular flexibility index (Phi) is 5.85. The van der Waals surface area contributed by atoms with Crippen molar-refractivity contribution in [2.45, 2.75) is 36.4 Å². The van der Waals surface area contributed by atoms with Gasteiger partial charge in [0.1, 0.15) is 11.4 Å². The number of hydrogen-bond donors (Lipinski definition) is 0. The maximum Gasteiger partial charge on any atom is 0.191 e. The lowest BCUT2D eigenvalue weighted by molar-refractivity contribution is 0.0953. The smallest absolute Gasteiger partial charge is 0.191 e. The third kappa shape index (κ3) is 4.42. The number of hydrogen-bond acceptors (Lipinski definition) is 6. The number of pyridine rings is 1. The number of imidazole rings is 1. The van der Waals surface area contributed by atoms with Crippen LogP contribution in [-0.2, 0) is 17.0 Å². The van der Waals surface area contributed by atoms with Crippen molar-refractivity contribution in [3.05, 3.63) is 59.5 Å². The van der Waals surface area contributed by atoms with E-state index >= 15 is 0 Å². The van der Waals surface area contributed by atoms with Gasteiger partial charge in [0.05, 0.1) is 30.5 Å². The van der Waals surface area contributed by atoms with E-state index in [1.807, 2.05) is 53.2 Å². The Bertz CT molecular complexity index is 1180. The summed E-state index contributed by atoms with van der Waals surface area (Å²) >= 11 is 7.71. The molecule has 31 heavy (non-hydrogen) atoms. The minimum atomic E-state index is 0.185. The zero-order valence-corrected chi connectivity index (χ0v) is 18.6. The highest BCUT2D eigenvalue weighted by atomic mass is 35.5. The van der Waals surface area contributed by atoms with Gasteiger partial charge in [0.15, 0.2) is 11.0 Å². The molecule has 7 nitrogen and oxygen atoms in total. The Balaban J connectivity index is 1.41. The van der Waals surface area contributed by atoms with Gasteiger partial charge in [-0.1, -0.05) is 23.4 Å². The van der Waals surface area contributed by atoms with Crippen molar-refractivity contribution in [2.75, 3.05) is 13.7 Å². The van der Waals surface area contributed by atoms with Crippen LogP contribution < -0.4 is 4.74 Å². The highest BCUT2D eigenvalue weighted by Gasteiger charge is 2.22. The van der Waals surface area contributed by atoms with Crippen LogP contribution in [0.5, 0.6) is 5.75 Å². The molecule has 3 aromatic heterocycles. The highest BCUT2D eigenvalue weighted by molar-refractivity contribution is 7.98. The van der Waals surface area contributed by atoms with E-state index in [9.17, 15) is 0 Å². The molecule has 4 heterocycles. The van der Waals surface area contributed by atoms with Crippen LogP contribution in [0.25, 0.3) is 17.0 Å². The minimum Gasteiger partial charge on any atom is -0.497 e. The van der Waals surface area contributed by atoms with Gasteiger partial charge in [0.2, 0.25) is 0 Å². The van der Waals surface area contributed by atoms with Crippen LogP contribution in [0.1, 0.15) is 18.5 Å². The monoisotopic (exact) mass is 455 g/mol. The predicted octanol–water partition coefficient (Wildman–Crippen LogP) is 4.73. The SMILES string of the molecule is COc1ccc(-c2nnc(SCc3cn4cc(Cl)ccc4n3)n2CC2CCCO2)cc1. The van der Waals surface area contributed by atoms with E-state index in [0.29, 0.717) is 10.8 Å². The maximum atomic E-state index is 6.09. The van der Waals surface area contributed by atoms with Crippen LogP contribution in [0.4, 0.5) is 0 Å². The molecule has 160 valence electrons. The van der Waals surface area contributed by atoms with E-state index in [0.717, 1.165) is 59.6 Å². The van der Waals surface area contributed by atoms with E-state index in [1.54, 1.807) is 18.9 Å². The molecule has 0 bridgehead atoms. The number of rotatable bonds is 7. The maximum absolute atomic E-state index is 6.09. The Morgan fingerprint density at radius 1 is 1.16 bits per heavy atom. The molecule has 1 fully saturated rings. The standard InChI is InChI=1S/C22H22ClN5O2S/c1-29-18-7-4-15(5-8-18)21-25-26-22(28(21)13-19-3-2-10-30-19)31-14-17-12-27-11-16(23)6-9-20(27)24-17/h4-9,11-12,19H,2-3,10,13-14H2,1H3. The molecule has 4 aromatic rings. The van der Waals surface area contributed by atoms with E-state index in [4.69, 9.17) is 21.1 Å². The molecule has 1 unspecified atom stereocenters.